The van der Waals surface area contributed by atoms with Gasteiger partial charge in [-0.3, -0.25) is 4.55 Å². The zero-order valence-electron chi connectivity index (χ0n) is 9.98. The molecular formula is C8H12N2NaO6S. The average molecular weight is 287 g/mol. The molecule has 8 nitrogen and oxygen atoms in total. The Hall–Kier alpha value is -0.160. The van der Waals surface area contributed by atoms with Crippen molar-refractivity contribution >= 4 is 46.0 Å². The summed E-state index contributed by atoms with van der Waals surface area (Å²) < 4.78 is 34.1. The van der Waals surface area contributed by atoms with Crippen molar-refractivity contribution in [2.75, 3.05) is 13.2 Å². The van der Waals surface area contributed by atoms with E-state index in [-0.39, 0.29) is 42.7 Å². The predicted molar refractivity (Wildman–Crippen MR) is 60.7 cm³/mol. The topological polar surface area (TPSA) is 107 Å². The van der Waals surface area contributed by atoms with Crippen LogP contribution in [-0.4, -0.2) is 88.9 Å². The smallest absolute Gasteiger partial charge is 0.394 e. The van der Waals surface area contributed by atoms with Crippen LogP contribution in [0.2, 0.25) is 0 Å². The number of aliphatic hydroxyl groups is 1. The molecule has 0 aromatic heterocycles. The van der Waals surface area contributed by atoms with Crippen molar-refractivity contribution in [1.82, 2.24) is 9.96 Å². The van der Waals surface area contributed by atoms with Gasteiger partial charge in [0, 0.05) is 29.6 Å². The van der Waals surface area contributed by atoms with E-state index in [1.165, 1.54) is 4.90 Å². The van der Waals surface area contributed by atoms with Crippen molar-refractivity contribution in [2.24, 2.45) is 0 Å². The molecule has 0 spiro atoms. The molecule has 2 bridgehead atoms. The van der Waals surface area contributed by atoms with Crippen LogP contribution in [0.5, 0.6) is 0 Å². The van der Waals surface area contributed by atoms with Crippen LogP contribution < -0.4 is 0 Å². The normalized spacial score (nSPS) is 27.1. The maximum absolute atomic E-state index is 11.8. The summed E-state index contributed by atoms with van der Waals surface area (Å²) in [7, 11) is -4.74. The van der Waals surface area contributed by atoms with E-state index in [0.29, 0.717) is 10.6 Å². The van der Waals surface area contributed by atoms with E-state index in [2.05, 4.69) is 4.28 Å². The van der Waals surface area contributed by atoms with Crippen LogP contribution in [0, 0.1) is 0 Å². The second-order valence-corrected chi connectivity index (χ2v) is 4.94. The maximum Gasteiger partial charge on any atom is 0.418 e. The summed E-state index contributed by atoms with van der Waals surface area (Å²) in [5.74, 6) is 0. The maximum atomic E-state index is 11.8. The SMILES string of the molecule is CC1=C[C@@H](CO)N2C[C@@H]1N(OS(=O)(=O)O)C2=O.[Na]. The second-order valence-electron chi connectivity index (χ2n) is 3.94. The van der Waals surface area contributed by atoms with Gasteiger partial charge in [-0.1, -0.05) is 6.08 Å². The number of nitrogens with zero attached hydrogens (tertiary/aromatic N) is 2. The molecule has 2 atom stereocenters. The van der Waals surface area contributed by atoms with E-state index in [0.717, 1.165) is 0 Å². The van der Waals surface area contributed by atoms with Crippen LogP contribution in [0.25, 0.3) is 0 Å². The van der Waals surface area contributed by atoms with Crippen molar-refractivity contribution in [2.45, 2.75) is 19.0 Å². The zero-order chi connectivity index (χ0) is 12.8. The molecule has 2 amide bonds. The number of urea groups is 1. The van der Waals surface area contributed by atoms with Gasteiger partial charge in [-0.25, -0.2) is 4.79 Å². The molecule has 97 valence electrons. The average Bonchev–Trinajstić information content (AvgIpc) is 2.48. The minimum Gasteiger partial charge on any atom is -0.394 e. The van der Waals surface area contributed by atoms with E-state index >= 15 is 0 Å². The molecule has 0 aromatic carbocycles. The minimum absolute atomic E-state index is 0. The Balaban J connectivity index is 0.00000162. The van der Waals surface area contributed by atoms with Crippen LogP contribution in [0.1, 0.15) is 6.92 Å². The number of hydrogen-bond donors (Lipinski definition) is 2. The first-order chi connectivity index (χ1) is 7.83. The molecule has 18 heavy (non-hydrogen) atoms. The molecule has 2 heterocycles. The first-order valence-electron chi connectivity index (χ1n) is 4.89. The third-order valence-electron chi connectivity index (χ3n) is 2.83. The second kappa shape index (κ2) is 5.45. The predicted octanol–water partition coefficient (Wildman–Crippen LogP) is -1.23. The van der Waals surface area contributed by atoms with Crippen molar-refractivity contribution in [3.63, 3.8) is 0 Å². The van der Waals surface area contributed by atoms with Crippen LogP contribution in [0.15, 0.2) is 11.6 Å². The molecule has 1 fully saturated rings. The largest absolute Gasteiger partial charge is 0.418 e. The molecule has 2 rings (SSSR count). The van der Waals surface area contributed by atoms with Gasteiger partial charge in [-0.05, 0) is 12.5 Å². The summed E-state index contributed by atoms with van der Waals surface area (Å²) >= 11 is 0. The molecule has 1 saturated heterocycles. The number of carbonyl (C=O) groups is 1. The molecule has 2 aliphatic heterocycles. The van der Waals surface area contributed by atoms with Crippen LogP contribution in [-0.2, 0) is 14.7 Å². The fourth-order valence-electron chi connectivity index (χ4n) is 2.05. The zero-order valence-corrected chi connectivity index (χ0v) is 12.8. The van der Waals surface area contributed by atoms with Crippen LogP contribution in [0.3, 0.4) is 0 Å². The van der Waals surface area contributed by atoms with E-state index in [1.807, 2.05) is 0 Å². The van der Waals surface area contributed by atoms with Gasteiger partial charge in [0.1, 0.15) is 6.04 Å². The first-order valence-corrected chi connectivity index (χ1v) is 6.26. The molecular weight excluding hydrogens is 275 g/mol. The Morgan fingerprint density at radius 1 is 1.56 bits per heavy atom. The molecule has 10 heteroatoms. The molecule has 0 aliphatic carbocycles. The summed E-state index contributed by atoms with van der Waals surface area (Å²) in [6.45, 7) is 1.67. The molecule has 0 unspecified atom stereocenters. The van der Waals surface area contributed by atoms with Gasteiger partial charge >= 0.3 is 16.4 Å². The standard InChI is InChI=1S/C8H12N2O6S.Na/c1-5-2-6(4-11)9-3-7(5)10(8(9)12)16-17(13,14)15;/h2,6-7,11H,3-4H2,1H3,(H,13,14,15);/t6-,7-;/m0./s1. The van der Waals surface area contributed by atoms with Crippen molar-refractivity contribution in [3.8, 4) is 0 Å². The number of aliphatic hydroxyl groups excluding tert-OH is 1. The summed E-state index contributed by atoms with van der Waals surface area (Å²) in [6, 6.07) is -1.75. The van der Waals surface area contributed by atoms with Crippen molar-refractivity contribution in [3.05, 3.63) is 11.6 Å². The Morgan fingerprint density at radius 3 is 2.67 bits per heavy atom. The number of amides is 2. The van der Waals surface area contributed by atoms with Crippen molar-refractivity contribution in [1.29, 1.82) is 0 Å². The summed E-state index contributed by atoms with van der Waals surface area (Å²) in [4.78, 5) is 13.1. The number of carbonyl (C=O) groups excluding carboxylic acids is 1. The third-order valence-corrected chi connectivity index (χ3v) is 3.18. The fourth-order valence-corrected chi connectivity index (χ4v) is 2.42. The Labute approximate surface area is 126 Å². The number of hydroxylamine groups is 2. The third kappa shape index (κ3) is 2.87. The number of fused-ring (bicyclic) bond motifs is 2. The Bertz CT molecular complexity index is 478. The fraction of sp³-hybridized carbons (Fsp3) is 0.625. The molecule has 2 N–H and O–H groups in total. The Morgan fingerprint density at radius 2 is 2.17 bits per heavy atom. The van der Waals surface area contributed by atoms with Gasteiger partial charge in [0.2, 0.25) is 0 Å². The van der Waals surface area contributed by atoms with E-state index in [9.17, 15) is 13.2 Å². The molecule has 0 aromatic rings. The minimum atomic E-state index is -4.74. The van der Waals surface area contributed by atoms with Gasteiger partial charge in [0.25, 0.3) is 0 Å². The number of hydrogen-bond acceptors (Lipinski definition) is 5. The van der Waals surface area contributed by atoms with Crippen LogP contribution in [0.4, 0.5) is 4.79 Å². The van der Waals surface area contributed by atoms with Gasteiger partial charge in [0.05, 0.1) is 19.2 Å². The van der Waals surface area contributed by atoms with E-state index < -0.39 is 28.5 Å². The summed E-state index contributed by atoms with van der Waals surface area (Å²) in [6.07, 6.45) is 1.67. The number of rotatable bonds is 3. The van der Waals surface area contributed by atoms with E-state index in [1.54, 1.807) is 13.0 Å². The van der Waals surface area contributed by atoms with Gasteiger partial charge < -0.3 is 10.0 Å². The van der Waals surface area contributed by atoms with Crippen molar-refractivity contribution < 1.29 is 27.2 Å². The van der Waals surface area contributed by atoms with E-state index in [4.69, 9.17) is 9.66 Å². The monoisotopic (exact) mass is 287 g/mol. The summed E-state index contributed by atoms with van der Waals surface area (Å²) in [5.41, 5.74) is 0.704. The Kier molecular flexibility index (Phi) is 4.81. The van der Waals surface area contributed by atoms with Gasteiger partial charge in [-0.2, -0.15) is 13.5 Å². The quantitative estimate of drug-likeness (QED) is 0.382. The molecule has 2 aliphatic rings. The van der Waals surface area contributed by atoms with Gasteiger partial charge in [-0.15, -0.1) is 4.28 Å². The van der Waals surface area contributed by atoms with Gasteiger partial charge in [0.15, 0.2) is 0 Å². The molecule has 1 radical (unpaired) electrons. The molecule has 0 saturated carbocycles. The van der Waals surface area contributed by atoms with Crippen LogP contribution >= 0.6 is 0 Å². The first kappa shape index (κ1) is 15.9. The summed E-state index contributed by atoms with van der Waals surface area (Å²) in [5, 5.41) is 9.71.